The second-order valence-corrected chi connectivity index (χ2v) is 4.57. The van der Waals surface area contributed by atoms with Crippen molar-refractivity contribution >= 4 is 47.2 Å². The number of anilines is 1. The Morgan fingerprint density at radius 2 is 1.95 bits per heavy atom. The molecule has 1 aromatic carbocycles. The van der Waals surface area contributed by atoms with Gasteiger partial charge in [0.25, 0.3) is 0 Å². The molecule has 2 rings (SSSR count). The molecule has 0 atom stereocenters. The predicted octanol–water partition coefficient (Wildman–Crippen LogP) is 3.59. The maximum Gasteiger partial charge on any atom is 0.193 e. The fourth-order valence-electron chi connectivity index (χ4n) is 1.50. The molecule has 4 nitrogen and oxygen atoms in total. The number of nitrogens with one attached hydrogen (secondary N) is 1. The molecular weight excluding hydrogens is 387 g/mol. The number of hydrogen-bond donors (Lipinski definition) is 2. The Labute approximate surface area is 140 Å². The largest absolute Gasteiger partial charge is 0.370 e. The van der Waals surface area contributed by atoms with Gasteiger partial charge < -0.3 is 11.1 Å². The standard InChI is InChI=1S/C14H15ClN4.HI/c1-10-2-5-12(6-3-10)19-14(16)18-9-11-4-7-13(15)17-8-11;/h2-8H,9H2,1H3,(H3,16,18,19);1H. The Balaban J connectivity index is 0.00000200. The van der Waals surface area contributed by atoms with Gasteiger partial charge in [-0.3, -0.25) is 0 Å². The molecule has 0 unspecified atom stereocenters. The van der Waals surface area contributed by atoms with Crippen molar-refractivity contribution in [1.82, 2.24) is 4.98 Å². The lowest BCUT2D eigenvalue weighted by atomic mass is 10.2. The van der Waals surface area contributed by atoms with E-state index >= 15 is 0 Å². The van der Waals surface area contributed by atoms with Crippen molar-refractivity contribution in [3.8, 4) is 0 Å². The molecule has 1 heterocycles. The van der Waals surface area contributed by atoms with Crippen LogP contribution < -0.4 is 11.1 Å². The minimum atomic E-state index is 0. The van der Waals surface area contributed by atoms with Crippen LogP contribution in [-0.2, 0) is 6.54 Å². The van der Waals surface area contributed by atoms with E-state index in [2.05, 4.69) is 15.3 Å². The highest BCUT2D eigenvalue weighted by Gasteiger charge is 1.96. The molecule has 0 saturated carbocycles. The van der Waals surface area contributed by atoms with E-state index in [0.29, 0.717) is 17.7 Å². The van der Waals surface area contributed by atoms with E-state index in [1.54, 1.807) is 12.3 Å². The van der Waals surface area contributed by atoms with Crippen molar-refractivity contribution in [2.75, 3.05) is 5.32 Å². The van der Waals surface area contributed by atoms with Crippen molar-refractivity contribution in [3.63, 3.8) is 0 Å². The lowest BCUT2D eigenvalue weighted by molar-refractivity contribution is 1.04. The van der Waals surface area contributed by atoms with Gasteiger partial charge in [-0.2, -0.15) is 0 Å². The zero-order chi connectivity index (χ0) is 13.7. The summed E-state index contributed by atoms with van der Waals surface area (Å²) in [5, 5.41) is 3.50. The van der Waals surface area contributed by atoms with Gasteiger partial charge in [-0.25, -0.2) is 9.98 Å². The number of nitrogens with zero attached hydrogens (tertiary/aromatic N) is 2. The Morgan fingerprint density at radius 1 is 1.25 bits per heavy atom. The molecule has 0 spiro atoms. The average molecular weight is 403 g/mol. The van der Waals surface area contributed by atoms with Crippen LogP contribution in [0.5, 0.6) is 0 Å². The molecule has 20 heavy (non-hydrogen) atoms. The number of guanidine groups is 1. The summed E-state index contributed by atoms with van der Waals surface area (Å²) in [6, 6.07) is 11.6. The van der Waals surface area contributed by atoms with E-state index in [0.717, 1.165) is 11.3 Å². The van der Waals surface area contributed by atoms with Crippen LogP contribution in [0.15, 0.2) is 47.6 Å². The number of nitrogens with two attached hydrogens (primary N) is 1. The number of aromatic nitrogens is 1. The first-order valence-electron chi connectivity index (χ1n) is 5.87. The van der Waals surface area contributed by atoms with Gasteiger partial charge in [-0.1, -0.05) is 35.4 Å². The number of aliphatic imine (C=N–C) groups is 1. The molecule has 0 fully saturated rings. The highest BCUT2D eigenvalue weighted by molar-refractivity contribution is 14.0. The minimum Gasteiger partial charge on any atom is -0.370 e. The first-order valence-corrected chi connectivity index (χ1v) is 6.25. The molecular formula is C14H16ClIN4. The number of aryl methyl sites for hydroxylation is 1. The van der Waals surface area contributed by atoms with Crippen LogP contribution in [0.1, 0.15) is 11.1 Å². The minimum absolute atomic E-state index is 0. The zero-order valence-electron chi connectivity index (χ0n) is 11.0. The molecule has 0 radical (unpaired) electrons. The van der Waals surface area contributed by atoms with E-state index in [1.807, 2.05) is 37.3 Å². The van der Waals surface area contributed by atoms with Gasteiger partial charge in [0.2, 0.25) is 0 Å². The molecule has 106 valence electrons. The van der Waals surface area contributed by atoms with E-state index in [-0.39, 0.29) is 24.0 Å². The molecule has 0 saturated heterocycles. The number of benzene rings is 1. The molecule has 0 aliphatic carbocycles. The van der Waals surface area contributed by atoms with Gasteiger partial charge in [0, 0.05) is 11.9 Å². The van der Waals surface area contributed by atoms with E-state index in [9.17, 15) is 0 Å². The summed E-state index contributed by atoms with van der Waals surface area (Å²) in [4.78, 5) is 8.23. The molecule has 2 aromatic rings. The van der Waals surface area contributed by atoms with Gasteiger partial charge in [0.1, 0.15) is 5.15 Å². The van der Waals surface area contributed by atoms with Crippen molar-refractivity contribution < 1.29 is 0 Å². The van der Waals surface area contributed by atoms with Gasteiger partial charge in [-0.15, -0.1) is 24.0 Å². The summed E-state index contributed by atoms with van der Waals surface area (Å²) in [5.74, 6) is 0.374. The third-order valence-corrected chi connectivity index (χ3v) is 2.77. The summed E-state index contributed by atoms with van der Waals surface area (Å²) in [6.07, 6.45) is 1.69. The highest BCUT2D eigenvalue weighted by Crippen LogP contribution is 2.09. The van der Waals surface area contributed by atoms with Crippen molar-refractivity contribution in [3.05, 3.63) is 58.9 Å². The quantitative estimate of drug-likeness (QED) is 0.357. The summed E-state index contributed by atoms with van der Waals surface area (Å²) < 4.78 is 0. The monoisotopic (exact) mass is 402 g/mol. The van der Waals surface area contributed by atoms with Crippen LogP contribution in [0, 0.1) is 6.92 Å². The SMILES string of the molecule is Cc1ccc(NC(N)=NCc2ccc(Cl)nc2)cc1.I. The fraction of sp³-hybridized carbons (Fsp3) is 0.143. The molecule has 0 bridgehead atoms. The second-order valence-electron chi connectivity index (χ2n) is 4.18. The third kappa shape index (κ3) is 5.34. The smallest absolute Gasteiger partial charge is 0.193 e. The van der Waals surface area contributed by atoms with Crippen LogP contribution in [0.25, 0.3) is 0 Å². The van der Waals surface area contributed by atoms with Crippen LogP contribution in [0.4, 0.5) is 5.69 Å². The van der Waals surface area contributed by atoms with E-state index < -0.39 is 0 Å². The first kappa shape index (κ1) is 16.7. The topological polar surface area (TPSA) is 63.3 Å². The number of halogens is 2. The predicted molar refractivity (Wildman–Crippen MR) is 94.8 cm³/mol. The van der Waals surface area contributed by atoms with Gasteiger partial charge in [0.05, 0.1) is 6.54 Å². The van der Waals surface area contributed by atoms with Crippen molar-refractivity contribution in [2.45, 2.75) is 13.5 Å². The third-order valence-electron chi connectivity index (χ3n) is 2.54. The molecule has 6 heteroatoms. The Bertz CT molecular complexity index is 567. The summed E-state index contributed by atoms with van der Waals surface area (Å²) in [6.45, 7) is 2.50. The summed E-state index contributed by atoms with van der Waals surface area (Å²) in [5.41, 5.74) is 8.89. The first-order chi connectivity index (χ1) is 9.13. The lowest BCUT2D eigenvalue weighted by Crippen LogP contribution is -2.22. The van der Waals surface area contributed by atoms with Crippen LogP contribution in [-0.4, -0.2) is 10.9 Å². The average Bonchev–Trinajstić information content (AvgIpc) is 2.41. The highest BCUT2D eigenvalue weighted by atomic mass is 127. The molecule has 1 aromatic heterocycles. The molecule has 0 aliphatic heterocycles. The van der Waals surface area contributed by atoms with Gasteiger partial charge in [0.15, 0.2) is 5.96 Å². The van der Waals surface area contributed by atoms with Crippen LogP contribution in [0.2, 0.25) is 5.15 Å². The maximum atomic E-state index is 5.81. The molecule has 0 aliphatic rings. The normalized spacial score (nSPS) is 10.8. The van der Waals surface area contributed by atoms with Gasteiger partial charge >= 0.3 is 0 Å². The number of hydrogen-bond acceptors (Lipinski definition) is 2. The van der Waals surface area contributed by atoms with Crippen molar-refractivity contribution in [1.29, 1.82) is 0 Å². The van der Waals surface area contributed by atoms with E-state index in [1.165, 1.54) is 5.56 Å². The summed E-state index contributed by atoms with van der Waals surface area (Å²) >= 11 is 5.71. The van der Waals surface area contributed by atoms with Crippen LogP contribution in [0.3, 0.4) is 0 Å². The van der Waals surface area contributed by atoms with Crippen LogP contribution >= 0.6 is 35.6 Å². The number of rotatable bonds is 3. The van der Waals surface area contributed by atoms with Crippen molar-refractivity contribution in [2.24, 2.45) is 10.7 Å². The zero-order valence-corrected chi connectivity index (χ0v) is 14.1. The molecule has 0 amide bonds. The fourth-order valence-corrected chi connectivity index (χ4v) is 1.61. The Morgan fingerprint density at radius 3 is 2.55 bits per heavy atom. The van der Waals surface area contributed by atoms with E-state index in [4.69, 9.17) is 17.3 Å². The maximum absolute atomic E-state index is 5.81. The van der Waals surface area contributed by atoms with Gasteiger partial charge in [-0.05, 0) is 30.7 Å². The summed E-state index contributed by atoms with van der Waals surface area (Å²) in [7, 11) is 0. The Hall–Kier alpha value is -1.34. The Kier molecular flexibility index (Phi) is 6.74. The number of pyridine rings is 1. The lowest BCUT2D eigenvalue weighted by Gasteiger charge is -2.05. The second kappa shape index (κ2) is 8.06. The molecule has 3 N–H and O–H groups in total.